The van der Waals surface area contributed by atoms with Crippen LogP contribution in [0.4, 0.5) is 0 Å². The maximum atomic E-state index is 9.80. The lowest BCUT2D eigenvalue weighted by molar-refractivity contribution is -0.106. The number of morpholine rings is 1. The highest BCUT2D eigenvalue weighted by Gasteiger charge is 2.39. The van der Waals surface area contributed by atoms with Gasteiger partial charge in [0.05, 0.1) is 37.0 Å². The molecular weight excluding hydrogens is 266 g/mol. The monoisotopic (exact) mass is 289 g/mol. The van der Waals surface area contributed by atoms with E-state index in [9.17, 15) is 5.11 Å². The van der Waals surface area contributed by atoms with Gasteiger partial charge in [-0.15, -0.1) is 0 Å². The molecule has 0 bridgehead atoms. The van der Waals surface area contributed by atoms with Gasteiger partial charge in [-0.3, -0.25) is 4.90 Å². The van der Waals surface area contributed by atoms with Crippen LogP contribution in [-0.4, -0.2) is 55.0 Å². The van der Waals surface area contributed by atoms with E-state index >= 15 is 0 Å². The molecule has 1 fully saturated rings. The second-order valence-electron chi connectivity index (χ2n) is 5.77. The molecule has 2 rings (SSSR count). The SMILES string of the molecule is C[C@@H]1COC[C@@](CO)(CNCc2ccc(C#N)cc2)N1C. The molecule has 1 aliphatic rings. The molecule has 2 atom stereocenters. The first-order valence-electron chi connectivity index (χ1n) is 7.22. The van der Waals surface area contributed by atoms with Gasteiger partial charge in [0.2, 0.25) is 0 Å². The smallest absolute Gasteiger partial charge is 0.0991 e. The summed E-state index contributed by atoms with van der Waals surface area (Å²) in [7, 11) is 2.03. The Labute approximate surface area is 126 Å². The molecule has 0 saturated carbocycles. The van der Waals surface area contributed by atoms with Crippen molar-refractivity contribution in [1.82, 2.24) is 10.2 Å². The lowest BCUT2D eigenvalue weighted by atomic mass is 9.96. The minimum Gasteiger partial charge on any atom is -0.394 e. The zero-order valence-corrected chi connectivity index (χ0v) is 12.7. The van der Waals surface area contributed by atoms with Crippen LogP contribution in [-0.2, 0) is 11.3 Å². The van der Waals surface area contributed by atoms with Gasteiger partial charge >= 0.3 is 0 Å². The maximum Gasteiger partial charge on any atom is 0.0991 e. The highest BCUT2D eigenvalue weighted by Crippen LogP contribution is 2.21. The van der Waals surface area contributed by atoms with Gasteiger partial charge in [-0.05, 0) is 31.7 Å². The molecule has 5 heteroatoms. The van der Waals surface area contributed by atoms with Crippen molar-refractivity contribution in [3.05, 3.63) is 35.4 Å². The van der Waals surface area contributed by atoms with Crippen LogP contribution in [0.2, 0.25) is 0 Å². The average Bonchev–Trinajstić information content (AvgIpc) is 2.52. The summed E-state index contributed by atoms with van der Waals surface area (Å²) in [5, 5.41) is 22.0. The molecule has 0 spiro atoms. The molecule has 5 nitrogen and oxygen atoms in total. The van der Waals surface area contributed by atoms with E-state index in [4.69, 9.17) is 10.00 Å². The molecule has 0 aromatic heterocycles. The third-order valence-electron chi connectivity index (χ3n) is 4.30. The maximum absolute atomic E-state index is 9.80. The van der Waals surface area contributed by atoms with Crippen molar-refractivity contribution in [2.24, 2.45) is 0 Å². The Hall–Kier alpha value is -1.45. The van der Waals surface area contributed by atoms with Crippen molar-refractivity contribution >= 4 is 0 Å². The highest BCUT2D eigenvalue weighted by molar-refractivity contribution is 5.31. The quantitative estimate of drug-likeness (QED) is 0.836. The Kier molecular flexibility index (Phi) is 5.32. The van der Waals surface area contributed by atoms with Gasteiger partial charge in [0.1, 0.15) is 0 Å². The predicted molar refractivity (Wildman–Crippen MR) is 80.7 cm³/mol. The standard InChI is InChI=1S/C16H23N3O2/c1-13-9-21-12-16(11-20,19(13)2)10-18-8-15-5-3-14(7-17)4-6-15/h3-6,13,18,20H,8-12H2,1-2H3/t13-,16+/m1/s1. The van der Waals surface area contributed by atoms with Gasteiger partial charge in [-0.2, -0.15) is 5.26 Å². The molecule has 1 aliphatic heterocycles. The molecule has 0 radical (unpaired) electrons. The fraction of sp³-hybridized carbons (Fsp3) is 0.562. The fourth-order valence-corrected chi connectivity index (χ4v) is 2.63. The molecule has 0 aliphatic carbocycles. The van der Waals surface area contributed by atoms with Crippen molar-refractivity contribution in [2.75, 3.05) is 33.4 Å². The van der Waals surface area contributed by atoms with E-state index in [0.717, 1.165) is 5.56 Å². The minimum absolute atomic E-state index is 0.0637. The highest BCUT2D eigenvalue weighted by atomic mass is 16.5. The molecule has 1 saturated heterocycles. The molecule has 2 N–H and O–H groups in total. The van der Waals surface area contributed by atoms with Crippen LogP contribution in [0, 0.1) is 11.3 Å². The van der Waals surface area contributed by atoms with Gasteiger partial charge < -0.3 is 15.2 Å². The summed E-state index contributed by atoms with van der Waals surface area (Å²) < 4.78 is 5.61. The Morgan fingerprint density at radius 1 is 1.48 bits per heavy atom. The van der Waals surface area contributed by atoms with Gasteiger partial charge in [0.25, 0.3) is 0 Å². The number of aliphatic hydroxyl groups excluding tert-OH is 1. The largest absolute Gasteiger partial charge is 0.394 e. The van der Waals surface area contributed by atoms with E-state index in [0.29, 0.717) is 37.9 Å². The molecule has 21 heavy (non-hydrogen) atoms. The van der Waals surface area contributed by atoms with Crippen LogP contribution < -0.4 is 5.32 Å². The number of nitriles is 1. The van der Waals surface area contributed by atoms with Crippen molar-refractivity contribution in [1.29, 1.82) is 5.26 Å². The van der Waals surface area contributed by atoms with E-state index in [1.165, 1.54) is 0 Å². The molecule has 0 unspecified atom stereocenters. The zero-order valence-electron chi connectivity index (χ0n) is 12.7. The van der Waals surface area contributed by atoms with Crippen LogP contribution >= 0.6 is 0 Å². The Morgan fingerprint density at radius 2 is 2.19 bits per heavy atom. The Morgan fingerprint density at radius 3 is 2.81 bits per heavy atom. The van der Waals surface area contributed by atoms with Crippen LogP contribution in [0.1, 0.15) is 18.1 Å². The molecule has 1 aromatic rings. The lowest BCUT2D eigenvalue weighted by Crippen LogP contribution is -2.65. The number of ether oxygens (including phenoxy) is 1. The summed E-state index contributed by atoms with van der Waals surface area (Å²) >= 11 is 0. The van der Waals surface area contributed by atoms with Crippen molar-refractivity contribution < 1.29 is 9.84 Å². The summed E-state index contributed by atoms with van der Waals surface area (Å²) in [5.41, 5.74) is 1.42. The number of nitrogens with zero attached hydrogens (tertiary/aromatic N) is 2. The van der Waals surface area contributed by atoms with Crippen molar-refractivity contribution in [3.8, 4) is 6.07 Å². The summed E-state index contributed by atoms with van der Waals surface area (Å²) in [5.74, 6) is 0. The summed E-state index contributed by atoms with van der Waals surface area (Å²) in [6, 6.07) is 9.93. The van der Waals surface area contributed by atoms with E-state index < -0.39 is 0 Å². The van der Waals surface area contributed by atoms with Crippen molar-refractivity contribution in [3.63, 3.8) is 0 Å². The van der Waals surface area contributed by atoms with Gasteiger partial charge in [-0.1, -0.05) is 12.1 Å². The van der Waals surface area contributed by atoms with Crippen LogP contribution in [0.3, 0.4) is 0 Å². The average molecular weight is 289 g/mol. The van der Waals surface area contributed by atoms with E-state index in [2.05, 4.69) is 23.2 Å². The fourth-order valence-electron chi connectivity index (χ4n) is 2.63. The first-order valence-corrected chi connectivity index (χ1v) is 7.22. The number of hydrogen-bond acceptors (Lipinski definition) is 5. The van der Waals surface area contributed by atoms with Crippen LogP contribution in [0.15, 0.2) is 24.3 Å². The van der Waals surface area contributed by atoms with Gasteiger partial charge in [0.15, 0.2) is 0 Å². The third kappa shape index (κ3) is 3.60. The number of likely N-dealkylation sites (N-methyl/N-ethyl adjacent to an activating group) is 1. The minimum atomic E-state index is -0.371. The summed E-state index contributed by atoms with van der Waals surface area (Å²) in [6.45, 7) is 4.76. The number of hydrogen-bond donors (Lipinski definition) is 2. The molecular formula is C16H23N3O2. The van der Waals surface area contributed by atoms with Crippen LogP contribution in [0.5, 0.6) is 0 Å². The van der Waals surface area contributed by atoms with Crippen LogP contribution in [0.25, 0.3) is 0 Å². The Bertz CT molecular complexity index is 497. The lowest BCUT2D eigenvalue weighted by Gasteiger charge is -2.47. The number of nitrogens with one attached hydrogen (secondary N) is 1. The predicted octanol–water partition coefficient (Wildman–Crippen LogP) is 0.729. The topological polar surface area (TPSA) is 68.5 Å². The molecule has 1 aromatic carbocycles. The first kappa shape index (κ1) is 15.9. The van der Waals surface area contributed by atoms with E-state index in [1.807, 2.05) is 31.3 Å². The number of aliphatic hydroxyl groups is 1. The summed E-state index contributed by atoms with van der Waals surface area (Å²) in [6.07, 6.45) is 0. The molecule has 1 heterocycles. The second-order valence-corrected chi connectivity index (χ2v) is 5.77. The van der Waals surface area contributed by atoms with Gasteiger partial charge in [0, 0.05) is 19.1 Å². The second kappa shape index (κ2) is 7.01. The normalized spacial score (nSPS) is 26.5. The van der Waals surface area contributed by atoms with E-state index in [-0.39, 0.29) is 12.1 Å². The summed E-state index contributed by atoms with van der Waals surface area (Å²) in [4.78, 5) is 2.20. The first-order chi connectivity index (χ1) is 10.1. The molecule has 114 valence electrons. The third-order valence-corrected chi connectivity index (χ3v) is 4.30. The van der Waals surface area contributed by atoms with E-state index in [1.54, 1.807) is 0 Å². The zero-order chi connectivity index (χ0) is 15.3. The molecule has 0 amide bonds. The van der Waals surface area contributed by atoms with Crippen molar-refractivity contribution in [2.45, 2.75) is 25.0 Å². The van der Waals surface area contributed by atoms with Gasteiger partial charge in [-0.25, -0.2) is 0 Å². The Balaban J connectivity index is 1.92. The number of rotatable bonds is 5. The number of benzene rings is 1.